The highest BCUT2D eigenvalue weighted by atomic mass is 16.5. The smallest absolute Gasteiger partial charge is 0.311 e. The van der Waals surface area contributed by atoms with Gasteiger partial charge in [-0.15, -0.1) is 0 Å². The Morgan fingerprint density at radius 3 is 2.85 bits per heavy atom. The van der Waals surface area contributed by atoms with Gasteiger partial charge in [0.25, 0.3) is 0 Å². The average Bonchev–Trinajstić information content (AvgIpc) is 3.15. The Morgan fingerprint density at radius 2 is 1.88 bits per heavy atom. The van der Waals surface area contributed by atoms with Gasteiger partial charge in [-0.05, 0) is 30.7 Å². The van der Waals surface area contributed by atoms with Gasteiger partial charge in [-0.2, -0.15) is 15.4 Å². The number of hydrogen-bond donors (Lipinski definition) is 1. The van der Waals surface area contributed by atoms with E-state index in [9.17, 15) is 4.79 Å². The minimum Gasteiger partial charge on any atom is -0.477 e. The molecule has 0 unspecified atom stereocenters. The van der Waals surface area contributed by atoms with Crippen LogP contribution >= 0.6 is 0 Å². The Morgan fingerprint density at radius 1 is 1.00 bits per heavy atom. The van der Waals surface area contributed by atoms with Crippen molar-refractivity contribution in [3.63, 3.8) is 0 Å². The van der Waals surface area contributed by atoms with Crippen LogP contribution in [0.1, 0.15) is 12.8 Å². The fraction of sp³-hybridized carbons (Fsp3) is 0.167. The van der Waals surface area contributed by atoms with Crippen LogP contribution in [0.4, 0.5) is 0 Å². The summed E-state index contributed by atoms with van der Waals surface area (Å²) in [4.78, 5) is 20.4. The maximum Gasteiger partial charge on any atom is 0.311 e. The van der Waals surface area contributed by atoms with Crippen LogP contribution in [-0.4, -0.2) is 38.0 Å². The Balaban J connectivity index is 1.32. The van der Waals surface area contributed by atoms with Crippen LogP contribution in [0.5, 0.6) is 11.6 Å². The number of para-hydroxylation sites is 2. The number of aromatic amines is 1. The molecule has 2 aromatic heterocycles. The monoisotopic (exact) mass is 349 g/mol. The molecule has 0 aliphatic rings. The van der Waals surface area contributed by atoms with Gasteiger partial charge < -0.3 is 9.47 Å². The maximum absolute atomic E-state index is 12.0. The highest BCUT2D eigenvalue weighted by Crippen LogP contribution is 2.22. The Kier molecular flexibility index (Phi) is 4.38. The minimum absolute atomic E-state index is 0.219. The van der Waals surface area contributed by atoms with Crippen molar-refractivity contribution in [2.45, 2.75) is 12.8 Å². The number of fused-ring (bicyclic) bond motifs is 2. The second kappa shape index (κ2) is 7.14. The van der Waals surface area contributed by atoms with E-state index in [0.717, 1.165) is 10.9 Å². The first-order valence-electron chi connectivity index (χ1n) is 8.14. The number of esters is 1. The van der Waals surface area contributed by atoms with Gasteiger partial charge in [0.2, 0.25) is 5.88 Å². The van der Waals surface area contributed by atoms with Gasteiger partial charge in [0.1, 0.15) is 11.8 Å². The lowest BCUT2D eigenvalue weighted by atomic mass is 10.2. The third kappa shape index (κ3) is 3.30. The molecule has 2 heterocycles. The predicted octanol–water partition coefficient (Wildman–Crippen LogP) is 2.67. The number of carbonyl (C=O) groups excluding carboxylic acids is 1. The first kappa shape index (κ1) is 15.9. The van der Waals surface area contributed by atoms with Gasteiger partial charge in [0.05, 0.1) is 17.5 Å². The number of nitrogens with one attached hydrogen (secondary N) is 1. The van der Waals surface area contributed by atoms with Gasteiger partial charge in [-0.25, -0.2) is 9.97 Å². The highest BCUT2D eigenvalue weighted by Gasteiger charge is 2.11. The third-order valence-corrected chi connectivity index (χ3v) is 3.80. The molecule has 1 N–H and O–H groups in total. The van der Waals surface area contributed by atoms with Gasteiger partial charge in [-0.1, -0.05) is 18.2 Å². The first-order chi connectivity index (χ1) is 12.8. The summed E-state index contributed by atoms with van der Waals surface area (Å²) in [5.74, 6) is 0.553. The lowest BCUT2D eigenvalue weighted by Crippen LogP contribution is -2.10. The van der Waals surface area contributed by atoms with Crippen molar-refractivity contribution in [2.75, 3.05) is 6.61 Å². The first-order valence-corrected chi connectivity index (χ1v) is 8.14. The number of nitrogens with zero attached hydrogens (tertiary/aromatic N) is 4. The number of ether oxygens (including phenoxy) is 2. The molecule has 0 amide bonds. The molecular formula is C18H15N5O3. The lowest BCUT2D eigenvalue weighted by molar-refractivity contribution is -0.134. The molecule has 0 fully saturated rings. The minimum atomic E-state index is -0.350. The van der Waals surface area contributed by atoms with Gasteiger partial charge in [-0.3, -0.25) is 4.79 Å². The zero-order valence-electron chi connectivity index (χ0n) is 13.8. The standard InChI is InChI=1S/C18H15N5O3/c24-16(26-15-8-3-7-14-17(15)22-23-21-14)9-4-10-25-18-12-5-1-2-6-13(12)19-11-20-18/h1-3,5-8,11H,4,9-10H2,(H,21,22,23). The van der Waals surface area contributed by atoms with E-state index in [4.69, 9.17) is 9.47 Å². The second-order valence-electron chi connectivity index (χ2n) is 5.57. The van der Waals surface area contributed by atoms with E-state index in [-0.39, 0.29) is 12.4 Å². The summed E-state index contributed by atoms with van der Waals surface area (Å²) in [6, 6.07) is 12.8. The molecule has 0 atom stereocenters. The number of carbonyl (C=O) groups is 1. The van der Waals surface area contributed by atoms with Crippen molar-refractivity contribution < 1.29 is 14.3 Å². The summed E-state index contributed by atoms with van der Waals surface area (Å²) in [5.41, 5.74) is 2.00. The molecule has 4 aromatic rings. The molecule has 0 aliphatic heterocycles. The summed E-state index contributed by atoms with van der Waals surface area (Å²) in [5, 5.41) is 11.3. The molecule has 2 aromatic carbocycles. The normalized spacial score (nSPS) is 10.9. The fourth-order valence-corrected chi connectivity index (χ4v) is 2.58. The molecule has 0 saturated heterocycles. The number of rotatable bonds is 6. The largest absolute Gasteiger partial charge is 0.477 e. The van der Waals surface area contributed by atoms with Crippen LogP contribution in [0.2, 0.25) is 0 Å². The Hall–Kier alpha value is -3.55. The topological polar surface area (TPSA) is 103 Å². The van der Waals surface area contributed by atoms with E-state index >= 15 is 0 Å². The van der Waals surface area contributed by atoms with Gasteiger partial charge in [0, 0.05) is 6.42 Å². The number of H-pyrrole nitrogens is 1. The summed E-state index contributed by atoms with van der Waals surface area (Å²) >= 11 is 0. The molecule has 0 aliphatic carbocycles. The van der Waals surface area contributed by atoms with E-state index < -0.39 is 0 Å². The lowest BCUT2D eigenvalue weighted by Gasteiger charge is -2.08. The quantitative estimate of drug-likeness (QED) is 0.324. The van der Waals surface area contributed by atoms with Crippen molar-refractivity contribution in [2.24, 2.45) is 0 Å². The van der Waals surface area contributed by atoms with E-state index in [2.05, 4.69) is 25.4 Å². The van der Waals surface area contributed by atoms with Crippen molar-refractivity contribution >= 4 is 27.9 Å². The molecule has 0 radical (unpaired) electrons. The van der Waals surface area contributed by atoms with Crippen LogP contribution in [0.3, 0.4) is 0 Å². The molecule has 0 saturated carbocycles. The zero-order chi connectivity index (χ0) is 17.8. The summed E-state index contributed by atoms with van der Waals surface area (Å²) in [6.07, 6.45) is 2.19. The summed E-state index contributed by atoms with van der Waals surface area (Å²) < 4.78 is 11.1. The maximum atomic E-state index is 12.0. The molecule has 0 bridgehead atoms. The third-order valence-electron chi connectivity index (χ3n) is 3.80. The van der Waals surface area contributed by atoms with E-state index in [0.29, 0.717) is 35.7 Å². The van der Waals surface area contributed by atoms with E-state index in [1.54, 1.807) is 18.2 Å². The predicted molar refractivity (Wildman–Crippen MR) is 93.8 cm³/mol. The van der Waals surface area contributed by atoms with Gasteiger partial charge in [0.15, 0.2) is 11.3 Å². The number of benzene rings is 2. The van der Waals surface area contributed by atoms with Crippen molar-refractivity contribution in [3.05, 3.63) is 48.8 Å². The van der Waals surface area contributed by atoms with Crippen molar-refractivity contribution in [3.8, 4) is 11.6 Å². The van der Waals surface area contributed by atoms with Crippen molar-refractivity contribution in [1.82, 2.24) is 25.4 Å². The SMILES string of the molecule is O=C(CCCOc1ncnc2ccccc12)Oc1cccc2n[nH]nc12. The number of hydrogen-bond acceptors (Lipinski definition) is 7. The molecule has 8 nitrogen and oxygen atoms in total. The van der Waals surface area contributed by atoms with Crippen LogP contribution in [0, 0.1) is 0 Å². The number of aromatic nitrogens is 5. The average molecular weight is 349 g/mol. The van der Waals surface area contributed by atoms with Crippen molar-refractivity contribution in [1.29, 1.82) is 0 Å². The Bertz CT molecular complexity index is 1060. The summed E-state index contributed by atoms with van der Waals surface area (Å²) in [7, 11) is 0. The van der Waals surface area contributed by atoms with Crippen LogP contribution in [0.15, 0.2) is 48.8 Å². The van der Waals surface area contributed by atoms with E-state index in [1.807, 2.05) is 24.3 Å². The zero-order valence-corrected chi connectivity index (χ0v) is 13.8. The molecule has 4 rings (SSSR count). The molecule has 26 heavy (non-hydrogen) atoms. The van der Waals surface area contributed by atoms with E-state index in [1.165, 1.54) is 6.33 Å². The fourth-order valence-electron chi connectivity index (χ4n) is 2.58. The highest BCUT2D eigenvalue weighted by molar-refractivity contribution is 5.84. The summed E-state index contributed by atoms with van der Waals surface area (Å²) in [6.45, 7) is 0.351. The Labute approximate surface area is 148 Å². The molecular weight excluding hydrogens is 334 g/mol. The molecule has 8 heteroatoms. The van der Waals surface area contributed by atoms with Gasteiger partial charge >= 0.3 is 5.97 Å². The van der Waals surface area contributed by atoms with Crippen LogP contribution in [0.25, 0.3) is 21.9 Å². The van der Waals surface area contributed by atoms with Crippen LogP contribution < -0.4 is 9.47 Å². The molecule has 130 valence electrons. The molecule has 0 spiro atoms. The van der Waals surface area contributed by atoms with Crippen LogP contribution in [-0.2, 0) is 4.79 Å². The second-order valence-corrected chi connectivity index (χ2v) is 5.57.